The Balaban J connectivity index is 0.000000226. The van der Waals surface area contributed by atoms with Crippen LogP contribution in [0.1, 0.15) is 13.8 Å². The average Bonchev–Trinajstić information content (AvgIpc) is 2.56. The summed E-state index contributed by atoms with van der Waals surface area (Å²) in [7, 11) is 0. The summed E-state index contributed by atoms with van der Waals surface area (Å²) in [5.74, 6) is -1.44. The van der Waals surface area contributed by atoms with Crippen LogP contribution in [-0.4, -0.2) is 22.2 Å². The van der Waals surface area contributed by atoms with Crippen molar-refractivity contribution >= 4 is 5.97 Å². The summed E-state index contributed by atoms with van der Waals surface area (Å²) in [6, 6.07) is 0. The lowest BCUT2D eigenvalue weighted by molar-refractivity contribution is -0.692. The fourth-order valence-corrected chi connectivity index (χ4v) is 0.517. The molecule has 2 N–H and O–H groups in total. The first-order chi connectivity index (χ1) is 6.07. The van der Waals surface area contributed by atoms with Crippen molar-refractivity contribution in [3.05, 3.63) is 18.7 Å². The highest BCUT2D eigenvalue weighted by Crippen LogP contribution is 1.69. The van der Waals surface area contributed by atoms with E-state index in [0.29, 0.717) is 0 Å². The molecule has 1 rings (SSSR count). The minimum absolute atomic E-state index is 1.05. The second kappa shape index (κ2) is 6.19. The van der Waals surface area contributed by atoms with Gasteiger partial charge in [-0.1, -0.05) is 0 Å². The number of nitrogens with zero attached hydrogens (tertiary/aromatic N) is 1. The van der Waals surface area contributed by atoms with Gasteiger partial charge in [0.25, 0.3) is 0 Å². The molecule has 0 aliphatic carbocycles. The molecular formula is C8H14N2O3. The number of aliphatic hydroxyl groups is 1. The number of carbonyl (C=O) groups is 1. The molecule has 74 valence electrons. The highest BCUT2D eigenvalue weighted by Gasteiger charge is 1.89. The number of hydrogen-bond acceptors (Lipinski definition) is 3. The Hall–Kier alpha value is -1.36. The number of imidazole rings is 1. The van der Waals surface area contributed by atoms with Crippen molar-refractivity contribution in [1.29, 1.82) is 0 Å². The van der Waals surface area contributed by atoms with Gasteiger partial charge >= 0.3 is 0 Å². The predicted molar refractivity (Wildman–Crippen MR) is 43.3 cm³/mol. The van der Waals surface area contributed by atoms with E-state index in [9.17, 15) is 9.90 Å². The molecule has 1 atom stereocenters. The topological polar surface area (TPSA) is 80.0 Å². The van der Waals surface area contributed by atoms with Gasteiger partial charge in [0, 0.05) is 0 Å². The molecule has 5 heteroatoms. The van der Waals surface area contributed by atoms with E-state index in [0.717, 1.165) is 13.5 Å². The van der Waals surface area contributed by atoms with Crippen LogP contribution < -0.4 is 9.67 Å². The van der Waals surface area contributed by atoms with Gasteiger partial charge in [-0.15, -0.1) is 0 Å². The number of carbonyl (C=O) groups excluding carboxylic acids is 1. The van der Waals surface area contributed by atoms with Gasteiger partial charge in [0.2, 0.25) is 6.33 Å². The molecule has 0 aliphatic heterocycles. The fraction of sp³-hybridized carbons (Fsp3) is 0.500. The number of hydrogen-bond donors (Lipinski definition) is 2. The third kappa shape index (κ3) is 5.86. The molecule has 1 heterocycles. The summed E-state index contributed by atoms with van der Waals surface area (Å²) in [6.07, 6.45) is 4.49. The standard InChI is InChI=1S/C5H8N2.C3H6O3/c1-2-7-4-3-6-5-7;1-2(4)3(5)6/h3-5H,2H2,1H3;2,4H,1H3,(H,5,6)/t;2-/m.0/s1. The molecule has 0 bridgehead atoms. The van der Waals surface area contributed by atoms with Crippen LogP contribution in [-0.2, 0) is 11.3 Å². The molecular weight excluding hydrogens is 172 g/mol. The van der Waals surface area contributed by atoms with Crippen LogP contribution in [0.25, 0.3) is 0 Å². The molecule has 0 saturated carbocycles. The second-order valence-corrected chi connectivity index (χ2v) is 2.44. The van der Waals surface area contributed by atoms with Gasteiger partial charge in [-0.05, 0) is 13.8 Å². The van der Waals surface area contributed by atoms with Crippen LogP contribution in [0.2, 0.25) is 0 Å². The maximum Gasteiger partial charge on any atom is 0.241 e. The van der Waals surface area contributed by atoms with Gasteiger partial charge in [-0.2, -0.15) is 0 Å². The summed E-state index contributed by atoms with van der Waals surface area (Å²) in [5.41, 5.74) is 0. The summed E-state index contributed by atoms with van der Waals surface area (Å²) >= 11 is 0. The number of rotatable bonds is 2. The molecule has 0 spiro atoms. The number of aromatic amines is 1. The Labute approximate surface area is 76.7 Å². The molecule has 0 aromatic carbocycles. The maximum atomic E-state index is 9.34. The van der Waals surface area contributed by atoms with Crippen LogP contribution in [0, 0.1) is 0 Å². The van der Waals surface area contributed by atoms with Crippen LogP contribution in [0.4, 0.5) is 0 Å². The number of carboxylic acids is 1. The third-order valence-electron chi connectivity index (χ3n) is 1.31. The van der Waals surface area contributed by atoms with E-state index < -0.39 is 12.1 Å². The summed E-state index contributed by atoms with van der Waals surface area (Å²) < 4.78 is 2.07. The zero-order chi connectivity index (χ0) is 10.3. The van der Waals surface area contributed by atoms with Crippen LogP contribution >= 0.6 is 0 Å². The minimum atomic E-state index is -1.44. The fourth-order valence-electron chi connectivity index (χ4n) is 0.517. The van der Waals surface area contributed by atoms with Gasteiger partial charge in [0.05, 0.1) is 18.6 Å². The van der Waals surface area contributed by atoms with E-state index in [4.69, 9.17) is 5.11 Å². The number of nitrogens with one attached hydrogen (secondary N) is 1. The Morgan fingerprint density at radius 2 is 2.31 bits per heavy atom. The summed E-state index contributed by atoms with van der Waals surface area (Å²) in [4.78, 5) is 12.3. The Morgan fingerprint density at radius 3 is 2.46 bits per heavy atom. The normalized spacial score (nSPS) is 11.3. The van der Waals surface area contributed by atoms with Gasteiger partial charge in [0.15, 0.2) is 0 Å². The number of aliphatic carboxylic acids is 1. The minimum Gasteiger partial charge on any atom is -0.547 e. The van der Waals surface area contributed by atoms with Crippen LogP contribution in [0.5, 0.6) is 0 Å². The van der Waals surface area contributed by atoms with Gasteiger partial charge in [-0.25, -0.2) is 4.57 Å². The van der Waals surface area contributed by atoms with Gasteiger partial charge in [-0.3, -0.25) is 4.98 Å². The molecule has 1 aromatic rings. The first-order valence-electron chi connectivity index (χ1n) is 3.98. The van der Waals surface area contributed by atoms with Gasteiger partial charge < -0.3 is 15.0 Å². The quantitative estimate of drug-likeness (QED) is 0.548. The van der Waals surface area contributed by atoms with Crippen molar-refractivity contribution in [3.63, 3.8) is 0 Å². The van der Waals surface area contributed by atoms with Crippen molar-refractivity contribution in [3.8, 4) is 0 Å². The van der Waals surface area contributed by atoms with E-state index in [1.165, 1.54) is 0 Å². The zero-order valence-electron chi connectivity index (χ0n) is 7.73. The molecule has 0 amide bonds. The maximum absolute atomic E-state index is 9.34. The number of aromatic nitrogens is 2. The highest BCUT2D eigenvalue weighted by molar-refractivity contribution is 5.68. The van der Waals surface area contributed by atoms with Crippen molar-refractivity contribution in [2.45, 2.75) is 26.5 Å². The number of H-pyrrole nitrogens is 1. The average molecular weight is 186 g/mol. The SMILES string of the molecule is CC[n+]1cc[nH]c1.C[C@H](O)C(=O)[O-]. The van der Waals surface area contributed by atoms with Crippen molar-refractivity contribution < 1.29 is 19.6 Å². The smallest absolute Gasteiger partial charge is 0.241 e. The van der Waals surface area contributed by atoms with E-state index in [1.807, 2.05) is 18.7 Å². The summed E-state index contributed by atoms with van der Waals surface area (Å²) in [6.45, 7) is 4.28. The first-order valence-corrected chi connectivity index (χ1v) is 3.98. The Kier molecular flexibility index (Phi) is 5.54. The van der Waals surface area contributed by atoms with Crippen LogP contribution in [0.15, 0.2) is 18.7 Å². The van der Waals surface area contributed by atoms with Crippen molar-refractivity contribution in [2.24, 2.45) is 0 Å². The predicted octanol–water partition coefficient (Wildman–Crippen LogP) is -1.56. The van der Waals surface area contributed by atoms with E-state index in [-0.39, 0.29) is 0 Å². The molecule has 0 fully saturated rings. The zero-order valence-corrected chi connectivity index (χ0v) is 7.73. The van der Waals surface area contributed by atoms with Gasteiger partial charge in [0.1, 0.15) is 12.4 Å². The molecule has 13 heavy (non-hydrogen) atoms. The highest BCUT2D eigenvalue weighted by atomic mass is 16.4. The lowest BCUT2D eigenvalue weighted by Gasteiger charge is -2.00. The summed E-state index contributed by atoms with van der Waals surface area (Å²) in [5, 5.41) is 17.3. The lowest BCUT2D eigenvalue weighted by Crippen LogP contribution is -2.32. The molecule has 0 radical (unpaired) electrons. The van der Waals surface area contributed by atoms with E-state index >= 15 is 0 Å². The van der Waals surface area contributed by atoms with Crippen molar-refractivity contribution in [2.75, 3.05) is 0 Å². The number of aliphatic hydroxyl groups excluding tert-OH is 1. The Bertz CT molecular complexity index is 232. The first kappa shape index (κ1) is 11.6. The molecule has 1 aromatic heterocycles. The van der Waals surface area contributed by atoms with Crippen molar-refractivity contribution in [1.82, 2.24) is 4.98 Å². The van der Waals surface area contributed by atoms with E-state index in [2.05, 4.69) is 16.5 Å². The second-order valence-electron chi connectivity index (χ2n) is 2.44. The lowest BCUT2D eigenvalue weighted by atomic mass is 10.4. The molecule has 5 nitrogen and oxygen atoms in total. The molecule has 0 unspecified atom stereocenters. The number of carboxylic acid groups (broad SMARTS) is 1. The molecule has 0 aliphatic rings. The Morgan fingerprint density at radius 1 is 1.77 bits per heavy atom. The third-order valence-corrected chi connectivity index (χ3v) is 1.31. The van der Waals surface area contributed by atoms with Crippen LogP contribution in [0.3, 0.4) is 0 Å². The monoisotopic (exact) mass is 186 g/mol. The molecule has 0 saturated heterocycles. The largest absolute Gasteiger partial charge is 0.547 e. The van der Waals surface area contributed by atoms with E-state index in [1.54, 1.807) is 0 Å². The number of aryl methyl sites for hydroxylation is 1.